The highest BCUT2D eigenvalue weighted by Crippen LogP contribution is 2.38. The van der Waals surface area contributed by atoms with Gasteiger partial charge in [-0.15, -0.1) is 11.3 Å². The Kier molecular flexibility index (Phi) is 2.26. The van der Waals surface area contributed by atoms with Gasteiger partial charge in [-0.05, 0) is 44.7 Å². The Morgan fingerprint density at radius 3 is 2.89 bits per heavy atom. The van der Waals surface area contributed by atoms with E-state index in [0.717, 1.165) is 28.5 Å². The molecule has 0 amide bonds. The van der Waals surface area contributed by atoms with Gasteiger partial charge in [-0.3, -0.25) is 0 Å². The van der Waals surface area contributed by atoms with Gasteiger partial charge in [-0.2, -0.15) is 5.10 Å². The monoisotopic (exact) mass is 270 g/mol. The zero-order chi connectivity index (χ0) is 13.0. The highest BCUT2D eigenvalue weighted by atomic mass is 32.1. The molecule has 0 bridgehead atoms. The fourth-order valence-electron chi connectivity index (χ4n) is 2.92. The SMILES string of the molecule is Cc1cc(C)n(-c2ncnc3sc4c(c23)CCC4)n1. The molecule has 96 valence electrons. The van der Waals surface area contributed by atoms with Crippen LogP contribution in [0.1, 0.15) is 28.2 Å². The molecule has 0 saturated heterocycles. The Balaban J connectivity index is 2.07. The Bertz CT molecular complexity index is 784. The minimum absolute atomic E-state index is 0.940. The molecular formula is C14H14N4S. The first-order valence-electron chi connectivity index (χ1n) is 6.53. The maximum atomic E-state index is 4.57. The highest BCUT2D eigenvalue weighted by Gasteiger charge is 2.22. The Morgan fingerprint density at radius 1 is 1.21 bits per heavy atom. The van der Waals surface area contributed by atoms with Crippen molar-refractivity contribution in [3.05, 3.63) is 34.2 Å². The Hall–Kier alpha value is -1.75. The van der Waals surface area contributed by atoms with Gasteiger partial charge >= 0.3 is 0 Å². The number of aryl methyl sites for hydroxylation is 4. The highest BCUT2D eigenvalue weighted by molar-refractivity contribution is 7.19. The topological polar surface area (TPSA) is 43.6 Å². The van der Waals surface area contributed by atoms with Crippen molar-refractivity contribution < 1.29 is 0 Å². The molecule has 0 N–H and O–H groups in total. The van der Waals surface area contributed by atoms with Crippen LogP contribution >= 0.6 is 11.3 Å². The molecule has 3 heterocycles. The van der Waals surface area contributed by atoms with Crippen molar-refractivity contribution in [2.75, 3.05) is 0 Å². The third-order valence-electron chi connectivity index (χ3n) is 3.69. The van der Waals surface area contributed by atoms with E-state index in [2.05, 4.69) is 28.1 Å². The van der Waals surface area contributed by atoms with E-state index in [-0.39, 0.29) is 0 Å². The van der Waals surface area contributed by atoms with E-state index in [4.69, 9.17) is 0 Å². The van der Waals surface area contributed by atoms with Crippen LogP contribution in [-0.4, -0.2) is 19.7 Å². The minimum atomic E-state index is 0.940. The number of nitrogens with zero attached hydrogens (tertiary/aromatic N) is 4. The minimum Gasteiger partial charge on any atom is -0.225 e. The molecule has 0 aliphatic heterocycles. The lowest BCUT2D eigenvalue weighted by atomic mass is 10.2. The first-order chi connectivity index (χ1) is 9.24. The van der Waals surface area contributed by atoms with Crippen LogP contribution in [0.25, 0.3) is 16.0 Å². The maximum Gasteiger partial charge on any atom is 0.165 e. The molecule has 5 heteroatoms. The lowest BCUT2D eigenvalue weighted by Gasteiger charge is -2.05. The number of fused-ring (bicyclic) bond motifs is 3. The van der Waals surface area contributed by atoms with Gasteiger partial charge in [-0.25, -0.2) is 14.6 Å². The lowest BCUT2D eigenvalue weighted by Crippen LogP contribution is -2.03. The van der Waals surface area contributed by atoms with E-state index in [1.807, 2.05) is 22.9 Å². The maximum absolute atomic E-state index is 4.57. The molecule has 1 aliphatic carbocycles. The third kappa shape index (κ3) is 1.54. The first-order valence-corrected chi connectivity index (χ1v) is 7.34. The molecule has 4 nitrogen and oxygen atoms in total. The Labute approximate surface area is 115 Å². The number of rotatable bonds is 1. The standard InChI is InChI=1S/C14H14N4S/c1-8-6-9(2)18(17-8)13-12-10-4-3-5-11(10)19-14(12)16-7-15-13/h6-7H,3-5H2,1-2H3. The Morgan fingerprint density at radius 2 is 2.11 bits per heavy atom. The summed E-state index contributed by atoms with van der Waals surface area (Å²) in [5, 5.41) is 5.78. The predicted octanol–water partition coefficient (Wildman–Crippen LogP) is 2.98. The number of hydrogen-bond acceptors (Lipinski definition) is 4. The van der Waals surface area contributed by atoms with Crippen molar-refractivity contribution in [2.45, 2.75) is 33.1 Å². The van der Waals surface area contributed by atoms with E-state index in [1.165, 1.54) is 28.7 Å². The molecule has 1 aliphatic rings. The summed E-state index contributed by atoms with van der Waals surface area (Å²) in [7, 11) is 0. The summed E-state index contributed by atoms with van der Waals surface area (Å²) in [4.78, 5) is 11.5. The van der Waals surface area contributed by atoms with Gasteiger partial charge in [0.1, 0.15) is 11.2 Å². The van der Waals surface area contributed by atoms with Gasteiger partial charge in [0.05, 0.1) is 11.1 Å². The van der Waals surface area contributed by atoms with Crippen LogP contribution in [0.15, 0.2) is 12.4 Å². The van der Waals surface area contributed by atoms with E-state index < -0.39 is 0 Å². The lowest BCUT2D eigenvalue weighted by molar-refractivity contribution is 0.809. The van der Waals surface area contributed by atoms with Crippen LogP contribution in [0.5, 0.6) is 0 Å². The van der Waals surface area contributed by atoms with Gasteiger partial charge in [0.2, 0.25) is 0 Å². The molecule has 0 radical (unpaired) electrons. The molecule has 0 spiro atoms. The smallest absolute Gasteiger partial charge is 0.165 e. The van der Waals surface area contributed by atoms with Gasteiger partial charge in [0.15, 0.2) is 5.82 Å². The van der Waals surface area contributed by atoms with Gasteiger partial charge < -0.3 is 0 Å². The molecule has 3 aromatic heterocycles. The average Bonchev–Trinajstić information content (AvgIpc) is 3.02. The summed E-state index contributed by atoms with van der Waals surface area (Å²) in [5.41, 5.74) is 3.59. The fraction of sp³-hybridized carbons (Fsp3) is 0.357. The molecule has 3 aromatic rings. The molecule has 0 atom stereocenters. The van der Waals surface area contributed by atoms with Gasteiger partial charge in [0.25, 0.3) is 0 Å². The second kappa shape index (κ2) is 3.87. The molecule has 0 unspecified atom stereocenters. The summed E-state index contributed by atoms with van der Waals surface area (Å²) in [5.74, 6) is 0.940. The van der Waals surface area contributed by atoms with Crippen molar-refractivity contribution in [1.82, 2.24) is 19.7 Å². The van der Waals surface area contributed by atoms with Crippen LogP contribution in [0.4, 0.5) is 0 Å². The molecule has 0 aromatic carbocycles. The van der Waals surface area contributed by atoms with Gasteiger partial charge in [-0.1, -0.05) is 0 Å². The predicted molar refractivity (Wildman–Crippen MR) is 76.0 cm³/mol. The second-order valence-corrected chi connectivity index (χ2v) is 6.16. The third-order valence-corrected chi connectivity index (χ3v) is 4.89. The summed E-state index contributed by atoms with van der Waals surface area (Å²) in [6.45, 7) is 4.08. The fourth-order valence-corrected chi connectivity index (χ4v) is 4.14. The van der Waals surface area contributed by atoms with E-state index in [9.17, 15) is 0 Å². The zero-order valence-electron chi connectivity index (χ0n) is 11.0. The van der Waals surface area contributed by atoms with E-state index in [0.29, 0.717) is 0 Å². The number of thiophene rings is 1. The van der Waals surface area contributed by atoms with Crippen LogP contribution in [0.3, 0.4) is 0 Å². The normalized spacial score (nSPS) is 14.2. The molecular weight excluding hydrogens is 256 g/mol. The zero-order valence-corrected chi connectivity index (χ0v) is 11.8. The van der Waals surface area contributed by atoms with Crippen LogP contribution in [0.2, 0.25) is 0 Å². The first kappa shape index (κ1) is 11.1. The summed E-state index contributed by atoms with van der Waals surface area (Å²) < 4.78 is 1.95. The molecule has 4 rings (SSSR count). The van der Waals surface area contributed by atoms with Gasteiger partial charge in [0, 0.05) is 10.6 Å². The second-order valence-electron chi connectivity index (χ2n) is 5.07. The van der Waals surface area contributed by atoms with Crippen LogP contribution in [-0.2, 0) is 12.8 Å². The molecule has 0 saturated carbocycles. The number of aromatic nitrogens is 4. The van der Waals surface area contributed by atoms with Crippen molar-refractivity contribution >= 4 is 21.6 Å². The molecule has 19 heavy (non-hydrogen) atoms. The summed E-state index contributed by atoms with van der Waals surface area (Å²) >= 11 is 1.82. The van der Waals surface area contributed by atoms with E-state index >= 15 is 0 Å². The quantitative estimate of drug-likeness (QED) is 0.682. The van der Waals surface area contributed by atoms with Crippen molar-refractivity contribution in [1.29, 1.82) is 0 Å². The van der Waals surface area contributed by atoms with Crippen molar-refractivity contribution in [3.8, 4) is 5.82 Å². The number of hydrogen-bond donors (Lipinski definition) is 0. The summed E-state index contributed by atoms with van der Waals surface area (Å²) in [6, 6.07) is 2.08. The van der Waals surface area contributed by atoms with Crippen molar-refractivity contribution in [3.63, 3.8) is 0 Å². The largest absolute Gasteiger partial charge is 0.225 e. The van der Waals surface area contributed by atoms with Crippen LogP contribution in [0, 0.1) is 13.8 Å². The van der Waals surface area contributed by atoms with Crippen LogP contribution < -0.4 is 0 Å². The van der Waals surface area contributed by atoms with Crippen molar-refractivity contribution in [2.24, 2.45) is 0 Å². The van der Waals surface area contributed by atoms with E-state index in [1.54, 1.807) is 6.33 Å². The average molecular weight is 270 g/mol. The molecule has 0 fully saturated rings. The summed E-state index contributed by atoms with van der Waals surface area (Å²) in [6.07, 6.45) is 5.24.